The van der Waals surface area contributed by atoms with Gasteiger partial charge in [-0.25, -0.2) is 0 Å². The van der Waals surface area contributed by atoms with Gasteiger partial charge in [-0.05, 0) is 27.3 Å². The van der Waals surface area contributed by atoms with Crippen molar-refractivity contribution in [3.05, 3.63) is 0 Å². The van der Waals surface area contributed by atoms with Crippen LogP contribution in [0.3, 0.4) is 0 Å². The van der Waals surface area contributed by atoms with Gasteiger partial charge < -0.3 is 15.4 Å². The Hall–Kier alpha value is -0.610. The van der Waals surface area contributed by atoms with Crippen molar-refractivity contribution < 1.29 is 9.53 Å². The topological polar surface area (TPSA) is 50.4 Å². The first kappa shape index (κ1) is 12.5. The van der Waals surface area contributed by atoms with Crippen LogP contribution in [0.4, 0.5) is 0 Å². The van der Waals surface area contributed by atoms with Crippen molar-refractivity contribution in [3.63, 3.8) is 0 Å². The molecule has 1 heterocycles. The van der Waals surface area contributed by atoms with Gasteiger partial charge >= 0.3 is 0 Å². The molecule has 2 N–H and O–H groups in total. The average molecular weight is 214 g/mol. The number of hydrogen-bond donors (Lipinski definition) is 2. The van der Waals surface area contributed by atoms with E-state index in [2.05, 4.69) is 17.6 Å². The number of amides is 1. The van der Waals surface area contributed by atoms with E-state index in [9.17, 15) is 4.79 Å². The van der Waals surface area contributed by atoms with Gasteiger partial charge in [0.05, 0.1) is 11.6 Å². The van der Waals surface area contributed by atoms with Crippen LogP contribution in [0, 0.1) is 5.92 Å². The van der Waals surface area contributed by atoms with Crippen molar-refractivity contribution in [2.45, 2.75) is 38.8 Å². The fourth-order valence-corrected chi connectivity index (χ4v) is 1.80. The maximum Gasteiger partial charge on any atom is 0.224 e. The Kier molecular flexibility index (Phi) is 4.11. The number of carbonyl (C=O) groups excluding carboxylic acids is 1. The third kappa shape index (κ3) is 2.92. The SMILES string of the molecule is CNCC(C)C(=O)NC1(C)CCOC1C. The second kappa shape index (κ2) is 4.94. The molecule has 1 fully saturated rings. The van der Waals surface area contributed by atoms with Gasteiger partial charge in [-0.15, -0.1) is 0 Å². The first-order valence-electron chi connectivity index (χ1n) is 5.58. The predicted molar refractivity (Wildman–Crippen MR) is 59.7 cm³/mol. The monoisotopic (exact) mass is 214 g/mol. The summed E-state index contributed by atoms with van der Waals surface area (Å²) in [6.07, 6.45) is 0.995. The number of nitrogens with one attached hydrogen (secondary N) is 2. The Bertz CT molecular complexity index is 233. The minimum Gasteiger partial charge on any atom is -0.376 e. The molecule has 1 aliphatic rings. The Morgan fingerprint density at radius 1 is 1.67 bits per heavy atom. The first-order valence-corrected chi connectivity index (χ1v) is 5.58. The highest BCUT2D eigenvalue weighted by atomic mass is 16.5. The van der Waals surface area contributed by atoms with E-state index in [0.29, 0.717) is 6.54 Å². The normalized spacial score (nSPS) is 32.7. The molecule has 4 nitrogen and oxygen atoms in total. The average Bonchev–Trinajstić information content (AvgIpc) is 2.47. The summed E-state index contributed by atoms with van der Waals surface area (Å²) in [5, 5.41) is 6.09. The maximum absolute atomic E-state index is 11.8. The molecule has 3 unspecified atom stereocenters. The van der Waals surface area contributed by atoms with Gasteiger partial charge in [0.2, 0.25) is 5.91 Å². The van der Waals surface area contributed by atoms with Crippen molar-refractivity contribution in [2.24, 2.45) is 5.92 Å². The smallest absolute Gasteiger partial charge is 0.224 e. The molecule has 1 rings (SSSR count). The van der Waals surface area contributed by atoms with E-state index in [1.54, 1.807) is 0 Å². The maximum atomic E-state index is 11.8. The van der Waals surface area contributed by atoms with E-state index in [0.717, 1.165) is 13.0 Å². The highest BCUT2D eigenvalue weighted by molar-refractivity contribution is 5.79. The van der Waals surface area contributed by atoms with Crippen LogP contribution in [0.1, 0.15) is 27.2 Å². The molecular formula is C11H22N2O2. The van der Waals surface area contributed by atoms with E-state index in [1.165, 1.54) is 0 Å². The van der Waals surface area contributed by atoms with Gasteiger partial charge in [0.15, 0.2) is 0 Å². The molecule has 0 aromatic carbocycles. The molecule has 1 aliphatic heterocycles. The summed E-state index contributed by atoms with van der Waals surface area (Å²) in [5.41, 5.74) is -0.195. The molecule has 1 amide bonds. The van der Waals surface area contributed by atoms with E-state index in [1.807, 2.05) is 20.9 Å². The van der Waals surface area contributed by atoms with Gasteiger partial charge in [-0.1, -0.05) is 6.92 Å². The van der Waals surface area contributed by atoms with Crippen LogP contribution in [0.2, 0.25) is 0 Å². The van der Waals surface area contributed by atoms with Crippen LogP contribution in [-0.2, 0) is 9.53 Å². The molecule has 3 atom stereocenters. The molecule has 0 saturated carbocycles. The number of rotatable bonds is 4. The molecule has 0 radical (unpaired) electrons. The number of carbonyl (C=O) groups is 1. The minimum absolute atomic E-state index is 0.000347. The second-order valence-electron chi connectivity index (χ2n) is 4.63. The zero-order chi connectivity index (χ0) is 11.5. The van der Waals surface area contributed by atoms with Crippen molar-refractivity contribution in [3.8, 4) is 0 Å². The van der Waals surface area contributed by atoms with Gasteiger partial charge in [0.1, 0.15) is 0 Å². The molecule has 15 heavy (non-hydrogen) atoms. The lowest BCUT2D eigenvalue weighted by molar-refractivity contribution is -0.126. The summed E-state index contributed by atoms with van der Waals surface area (Å²) >= 11 is 0. The van der Waals surface area contributed by atoms with Crippen LogP contribution in [0.5, 0.6) is 0 Å². The van der Waals surface area contributed by atoms with Crippen molar-refractivity contribution in [1.29, 1.82) is 0 Å². The quantitative estimate of drug-likeness (QED) is 0.717. The molecule has 4 heteroatoms. The first-order chi connectivity index (χ1) is 6.99. The standard InChI is InChI=1S/C11H22N2O2/c1-8(7-12-4)10(14)13-11(3)5-6-15-9(11)2/h8-9,12H,5-7H2,1-4H3,(H,13,14). The zero-order valence-electron chi connectivity index (χ0n) is 10.1. The Morgan fingerprint density at radius 3 is 2.80 bits per heavy atom. The molecule has 0 aromatic heterocycles. The highest BCUT2D eigenvalue weighted by Crippen LogP contribution is 2.25. The minimum atomic E-state index is -0.195. The lowest BCUT2D eigenvalue weighted by atomic mass is 9.93. The Labute approximate surface area is 91.8 Å². The highest BCUT2D eigenvalue weighted by Gasteiger charge is 2.38. The third-order valence-corrected chi connectivity index (χ3v) is 3.25. The summed E-state index contributed by atoms with van der Waals surface area (Å²) in [5.74, 6) is 0.101. The summed E-state index contributed by atoms with van der Waals surface area (Å²) in [6, 6.07) is 0. The van der Waals surface area contributed by atoms with E-state index < -0.39 is 0 Å². The molecule has 0 spiro atoms. The van der Waals surface area contributed by atoms with Gasteiger partial charge in [-0.2, -0.15) is 0 Å². The van der Waals surface area contributed by atoms with Gasteiger partial charge in [-0.3, -0.25) is 4.79 Å². The molecule has 88 valence electrons. The van der Waals surface area contributed by atoms with E-state index >= 15 is 0 Å². The fraction of sp³-hybridized carbons (Fsp3) is 0.909. The van der Waals surface area contributed by atoms with Crippen LogP contribution in [0.15, 0.2) is 0 Å². The molecule has 0 aromatic rings. The number of hydrogen-bond acceptors (Lipinski definition) is 3. The van der Waals surface area contributed by atoms with E-state index in [-0.39, 0.29) is 23.5 Å². The lowest BCUT2D eigenvalue weighted by Crippen LogP contribution is -2.53. The van der Waals surface area contributed by atoms with Crippen molar-refractivity contribution in [1.82, 2.24) is 10.6 Å². The summed E-state index contributed by atoms with van der Waals surface area (Å²) in [4.78, 5) is 11.8. The Morgan fingerprint density at radius 2 is 2.33 bits per heavy atom. The summed E-state index contributed by atoms with van der Waals surface area (Å²) in [7, 11) is 1.85. The molecule has 0 aliphatic carbocycles. The molecular weight excluding hydrogens is 192 g/mol. The summed E-state index contributed by atoms with van der Waals surface area (Å²) < 4.78 is 5.48. The number of ether oxygens (including phenoxy) is 1. The van der Waals surface area contributed by atoms with Crippen LogP contribution in [0.25, 0.3) is 0 Å². The second-order valence-corrected chi connectivity index (χ2v) is 4.63. The van der Waals surface area contributed by atoms with Crippen LogP contribution >= 0.6 is 0 Å². The molecule has 0 bridgehead atoms. The fourth-order valence-electron chi connectivity index (χ4n) is 1.80. The summed E-state index contributed by atoms with van der Waals surface area (Å²) in [6.45, 7) is 7.43. The van der Waals surface area contributed by atoms with Crippen molar-refractivity contribution >= 4 is 5.91 Å². The van der Waals surface area contributed by atoms with Crippen LogP contribution < -0.4 is 10.6 Å². The third-order valence-electron chi connectivity index (χ3n) is 3.25. The Balaban J connectivity index is 2.49. The predicted octanol–water partition coefficient (Wildman–Crippen LogP) is 0.526. The van der Waals surface area contributed by atoms with E-state index in [4.69, 9.17) is 4.74 Å². The van der Waals surface area contributed by atoms with Crippen molar-refractivity contribution in [2.75, 3.05) is 20.2 Å². The zero-order valence-corrected chi connectivity index (χ0v) is 10.1. The largest absolute Gasteiger partial charge is 0.376 e. The van der Waals surface area contributed by atoms with Gasteiger partial charge in [0.25, 0.3) is 0 Å². The molecule has 1 saturated heterocycles. The van der Waals surface area contributed by atoms with Gasteiger partial charge in [0, 0.05) is 19.1 Å². The lowest BCUT2D eigenvalue weighted by Gasteiger charge is -2.30. The van der Waals surface area contributed by atoms with Crippen LogP contribution in [-0.4, -0.2) is 37.7 Å².